The normalized spacial score (nSPS) is 0. The molecule has 0 spiro atoms. The summed E-state index contributed by atoms with van der Waals surface area (Å²) in [6.07, 6.45) is 0. The molecule has 0 aliphatic carbocycles. The van der Waals surface area contributed by atoms with Gasteiger partial charge in [-0.1, -0.05) is 0 Å². The molecule has 0 aromatic rings. The van der Waals surface area contributed by atoms with E-state index in [1.807, 2.05) is 0 Å². The van der Waals surface area contributed by atoms with Gasteiger partial charge in [0.15, 0.2) is 0 Å². The Morgan fingerprint density at radius 3 is 0.429 bits per heavy atom. The summed E-state index contributed by atoms with van der Waals surface area (Å²) in [7, 11) is 0. The van der Waals surface area contributed by atoms with Gasteiger partial charge in [0.2, 0.25) is 0 Å². The topological polar surface area (TPSA) is 85.5 Å². The Kier molecular flexibility index (Phi) is 2060. The van der Waals surface area contributed by atoms with Crippen LogP contribution in [-0.2, 0) is 50.6 Å². The number of hydrogen-bond donors (Lipinski definition) is 0. The van der Waals surface area contributed by atoms with Gasteiger partial charge in [0, 0.05) is 34.1 Å². The third-order valence-electron chi connectivity index (χ3n) is 0. The van der Waals surface area contributed by atoms with Crippen molar-refractivity contribution < 1.29 is 50.6 Å². The second-order valence-electron chi connectivity index (χ2n) is 0. The molecule has 0 saturated heterocycles. The zero-order valence-electron chi connectivity index (χ0n) is 3.14. The van der Waals surface area contributed by atoms with Crippen molar-refractivity contribution in [1.82, 2.24) is 0 Å². The Morgan fingerprint density at radius 1 is 0.429 bits per heavy atom. The van der Waals surface area contributed by atoms with Crippen LogP contribution in [0.1, 0.15) is 0 Å². The molecule has 7 heteroatoms. The van der Waals surface area contributed by atoms with Crippen molar-refractivity contribution >= 4 is 34.7 Å². The summed E-state index contributed by atoms with van der Waals surface area (Å²) < 4.78 is 0. The predicted molar refractivity (Wildman–Crippen MR) is 13.6 cm³/mol. The maximum atomic E-state index is 0. The van der Waals surface area contributed by atoms with E-state index in [4.69, 9.17) is 0 Å². The molecule has 0 unspecified atom stereocenters. The first-order chi connectivity index (χ1) is 0. The SMILES string of the molecule is [Al+3].[Al+3].[Mn].[Mn].[O-2].[O-2].[O-2]. The van der Waals surface area contributed by atoms with E-state index in [0.29, 0.717) is 0 Å². The largest absolute Gasteiger partial charge is 3.00 e. The maximum absolute atomic E-state index is 0. The summed E-state index contributed by atoms with van der Waals surface area (Å²) in [5.74, 6) is 0. The van der Waals surface area contributed by atoms with Gasteiger partial charge in [0.05, 0.1) is 0 Å². The molecule has 0 aromatic heterocycles. The Bertz CT molecular complexity index is 10.9. The molecule has 7 heavy (non-hydrogen) atoms. The van der Waals surface area contributed by atoms with Crippen LogP contribution in [0.25, 0.3) is 0 Å². The van der Waals surface area contributed by atoms with Gasteiger partial charge in [-0.15, -0.1) is 0 Å². The van der Waals surface area contributed by atoms with Gasteiger partial charge in [0.25, 0.3) is 0 Å². The minimum Gasteiger partial charge on any atom is -2.00 e. The van der Waals surface area contributed by atoms with E-state index < -0.39 is 0 Å². The van der Waals surface area contributed by atoms with E-state index >= 15 is 0 Å². The monoisotopic (exact) mass is 212 g/mol. The van der Waals surface area contributed by atoms with Gasteiger partial charge in [0.1, 0.15) is 0 Å². The van der Waals surface area contributed by atoms with E-state index in [1.54, 1.807) is 0 Å². The summed E-state index contributed by atoms with van der Waals surface area (Å²) in [4.78, 5) is 0. The number of rotatable bonds is 0. The van der Waals surface area contributed by atoms with E-state index in [2.05, 4.69) is 0 Å². The average molecular weight is 212 g/mol. The standard InChI is InChI=1S/2Al.2Mn.3O/q2*+3;;;3*-2. The zero-order chi connectivity index (χ0) is 0. The smallest absolute Gasteiger partial charge is 2.00 e. The van der Waals surface area contributed by atoms with Crippen LogP contribution in [0.2, 0.25) is 0 Å². The number of hydrogen-bond acceptors (Lipinski definition) is 0. The summed E-state index contributed by atoms with van der Waals surface area (Å²) in [5, 5.41) is 0. The average Bonchev–Trinajstić information content (AvgIpc) is 0. The molecule has 3 nitrogen and oxygen atoms in total. The molecule has 38 valence electrons. The molecule has 0 N–H and O–H groups in total. The quantitative estimate of drug-likeness (QED) is 0.455. The first-order valence-electron chi connectivity index (χ1n) is 0. The molecule has 0 rings (SSSR count). The summed E-state index contributed by atoms with van der Waals surface area (Å²) >= 11 is 0. The molecule has 0 heterocycles. The molecule has 0 fully saturated rings. The first-order valence-corrected chi connectivity index (χ1v) is 0. The summed E-state index contributed by atoms with van der Waals surface area (Å²) in [5.41, 5.74) is 0. The van der Waals surface area contributed by atoms with Crippen LogP contribution >= 0.6 is 0 Å². The molecule has 0 amide bonds. The third kappa shape index (κ3) is 72.6. The Labute approximate surface area is 84.7 Å². The molecule has 0 bridgehead atoms. The summed E-state index contributed by atoms with van der Waals surface area (Å²) in [6.45, 7) is 0. The van der Waals surface area contributed by atoms with Crippen molar-refractivity contribution in [3.8, 4) is 0 Å². The van der Waals surface area contributed by atoms with Gasteiger partial charge in [-0.2, -0.15) is 0 Å². The van der Waals surface area contributed by atoms with Gasteiger partial charge >= 0.3 is 34.7 Å². The molecule has 0 saturated carbocycles. The van der Waals surface area contributed by atoms with Crippen molar-refractivity contribution in [3.05, 3.63) is 0 Å². The Morgan fingerprint density at radius 2 is 0.429 bits per heavy atom. The minimum absolute atomic E-state index is 0. The van der Waals surface area contributed by atoms with Crippen LogP contribution in [0.3, 0.4) is 0 Å². The van der Waals surface area contributed by atoms with E-state index in [1.165, 1.54) is 0 Å². The van der Waals surface area contributed by atoms with Crippen LogP contribution in [0.5, 0.6) is 0 Å². The molecular weight excluding hydrogens is 212 g/mol. The van der Waals surface area contributed by atoms with Crippen LogP contribution < -0.4 is 0 Å². The Balaban J connectivity index is 0. The van der Waals surface area contributed by atoms with Crippen molar-refractivity contribution in [2.75, 3.05) is 0 Å². The van der Waals surface area contributed by atoms with E-state index in [9.17, 15) is 0 Å². The Hall–Kier alpha value is 1.98. The molecule has 2 radical (unpaired) electrons. The third-order valence-corrected chi connectivity index (χ3v) is 0. The first kappa shape index (κ1) is 145. The van der Waals surface area contributed by atoms with Gasteiger partial charge in [-0.3, -0.25) is 0 Å². The van der Waals surface area contributed by atoms with Crippen molar-refractivity contribution in [2.45, 2.75) is 0 Å². The molecule has 0 aromatic carbocycles. The molecule has 0 aliphatic heterocycles. The maximum Gasteiger partial charge on any atom is 3.00 e. The van der Waals surface area contributed by atoms with Gasteiger partial charge in [-0.05, 0) is 0 Å². The van der Waals surface area contributed by atoms with Gasteiger partial charge in [-0.25, -0.2) is 0 Å². The van der Waals surface area contributed by atoms with Crippen LogP contribution in [0.15, 0.2) is 0 Å². The van der Waals surface area contributed by atoms with Crippen LogP contribution in [0.4, 0.5) is 0 Å². The fourth-order valence-electron chi connectivity index (χ4n) is 0. The fraction of sp³-hybridized carbons (Fsp3) is 0. The van der Waals surface area contributed by atoms with Crippen molar-refractivity contribution in [3.63, 3.8) is 0 Å². The molecule has 0 atom stereocenters. The summed E-state index contributed by atoms with van der Waals surface area (Å²) in [6, 6.07) is 0. The predicted octanol–water partition coefficient (Wildman–Crippen LogP) is -1.12. The second kappa shape index (κ2) is 98.9. The van der Waals surface area contributed by atoms with E-state index in [0.717, 1.165) is 0 Å². The molecular formula is Al2Mn2O3. The second-order valence-corrected chi connectivity index (χ2v) is 0. The fourth-order valence-corrected chi connectivity index (χ4v) is 0. The minimum atomic E-state index is 0. The van der Waals surface area contributed by atoms with Crippen molar-refractivity contribution in [2.24, 2.45) is 0 Å². The van der Waals surface area contributed by atoms with Gasteiger partial charge < -0.3 is 16.4 Å². The van der Waals surface area contributed by atoms with Crippen molar-refractivity contribution in [1.29, 1.82) is 0 Å². The van der Waals surface area contributed by atoms with Crippen LogP contribution in [-0.4, -0.2) is 34.7 Å². The zero-order valence-corrected chi connectivity index (χ0v) is 7.81. The molecule has 0 aliphatic rings. The van der Waals surface area contributed by atoms with Crippen LogP contribution in [0, 0.1) is 0 Å². The van der Waals surface area contributed by atoms with E-state index in [-0.39, 0.29) is 85.3 Å².